The molecule has 0 saturated carbocycles. The number of allylic oxidation sites excluding steroid dienone is 1. The number of hydrogen-bond donors (Lipinski definition) is 2. The van der Waals surface area contributed by atoms with Crippen LogP contribution in [0.5, 0.6) is 0 Å². The predicted octanol–water partition coefficient (Wildman–Crippen LogP) is 1.28. The van der Waals surface area contributed by atoms with Crippen molar-refractivity contribution >= 4 is 29.6 Å². The SMILES string of the molecule is O=C(O)C1=C(/C=C2\CCN(c3ccccc3)C2=O)C2CCN(C(=O)O)[C@@H]3C(=O)N1[C@H]23. The fourth-order valence-electron chi connectivity index (χ4n) is 5.12. The number of aliphatic carboxylic acids is 1. The van der Waals surface area contributed by atoms with E-state index in [4.69, 9.17) is 0 Å². The Morgan fingerprint density at radius 2 is 1.80 bits per heavy atom. The number of carboxylic acid groups (broad SMARTS) is 2. The van der Waals surface area contributed by atoms with Gasteiger partial charge in [0.25, 0.3) is 11.8 Å². The number of anilines is 1. The molecule has 4 aliphatic rings. The third-order valence-electron chi connectivity index (χ3n) is 6.43. The van der Waals surface area contributed by atoms with Crippen molar-refractivity contribution in [3.05, 3.63) is 53.3 Å². The number of β-lactam (4-membered cyclic amide) rings is 1. The predicted molar refractivity (Wildman–Crippen MR) is 103 cm³/mol. The molecule has 0 aliphatic carbocycles. The lowest BCUT2D eigenvalue weighted by Gasteiger charge is -2.52. The maximum absolute atomic E-state index is 12.9. The first kappa shape index (κ1) is 18.4. The molecule has 3 amide bonds. The lowest BCUT2D eigenvalue weighted by molar-refractivity contribution is -0.161. The third-order valence-corrected chi connectivity index (χ3v) is 6.43. The molecule has 9 heteroatoms. The first-order valence-corrected chi connectivity index (χ1v) is 9.77. The smallest absolute Gasteiger partial charge is 0.408 e. The summed E-state index contributed by atoms with van der Waals surface area (Å²) in [6.07, 6.45) is 1.32. The molecule has 2 N–H and O–H groups in total. The number of piperidine rings is 1. The molecule has 0 spiro atoms. The van der Waals surface area contributed by atoms with Crippen molar-refractivity contribution in [2.45, 2.75) is 24.9 Å². The van der Waals surface area contributed by atoms with Crippen molar-refractivity contribution in [1.29, 1.82) is 0 Å². The number of benzene rings is 1. The lowest BCUT2D eigenvalue weighted by atomic mass is 9.78. The number of amides is 3. The molecule has 1 aromatic carbocycles. The fraction of sp³-hybridized carbons (Fsp3) is 0.333. The summed E-state index contributed by atoms with van der Waals surface area (Å²) in [7, 11) is 0. The summed E-state index contributed by atoms with van der Waals surface area (Å²) < 4.78 is 0. The summed E-state index contributed by atoms with van der Waals surface area (Å²) >= 11 is 0. The van der Waals surface area contributed by atoms with Gasteiger partial charge in [-0.1, -0.05) is 18.2 Å². The molecule has 5 rings (SSSR count). The summed E-state index contributed by atoms with van der Waals surface area (Å²) in [4.78, 5) is 52.9. The molecule has 3 fully saturated rings. The van der Waals surface area contributed by atoms with Gasteiger partial charge in [0, 0.05) is 30.3 Å². The highest BCUT2D eigenvalue weighted by Gasteiger charge is 2.64. The number of rotatable bonds is 3. The van der Waals surface area contributed by atoms with Crippen LogP contribution >= 0.6 is 0 Å². The number of para-hydroxylation sites is 1. The molecule has 0 radical (unpaired) electrons. The Bertz CT molecular complexity index is 1050. The standard InChI is InChI=1S/C21H19N3O6/c25-18-11(6-8-22(18)12-4-2-1-3-5-12)10-14-13-7-9-23(21(29)30)17-15(13)24(19(17)26)16(14)20(27)28/h1-5,10,13,15,17H,6-9H2,(H,27,28)(H,29,30)/b11-10+/t13?,15-,17+/m1/s1. The average Bonchev–Trinajstić information content (AvgIpc) is 3.25. The molecular weight excluding hydrogens is 390 g/mol. The molecule has 154 valence electrons. The molecular formula is C21H19N3O6. The summed E-state index contributed by atoms with van der Waals surface area (Å²) in [6, 6.07) is 7.88. The molecule has 0 aromatic heterocycles. The van der Waals surface area contributed by atoms with Crippen LogP contribution in [0.1, 0.15) is 12.8 Å². The highest BCUT2D eigenvalue weighted by Crippen LogP contribution is 2.49. The maximum atomic E-state index is 12.9. The minimum absolute atomic E-state index is 0.128. The second kappa shape index (κ2) is 6.45. The number of carbonyl (C=O) groups is 4. The minimum Gasteiger partial charge on any atom is -0.477 e. The Kier molecular flexibility index (Phi) is 3.96. The minimum atomic E-state index is -1.24. The largest absolute Gasteiger partial charge is 0.477 e. The van der Waals surface area contributed by atoms with Crippen LogP contribution in [0.4, 0.5) is 10.5 Å². The molecule has 4 heterocycles. The summed E-state index contributed by atoms with van der Waals surface area (Å²) in [6.45, 7) is 0.654. The molecule has 9 nitrogen and oxygen atoms in total. The number of nitrogens with zero attached hydrogens (tertiary/aromatic N) is 3. The summed E-state index contributed by atoms with van der Waals surface area (Å²) in [5.41, 5.74) is 1.60. The van der Waals surface area contributed by atoms with Gasteiger partial charge < -0.3 is 15.1 Å². The number of carboxylic acids is 1. The second-order valence-corrected chi connectivity index (χ2v) is 7.84. The van der Waals surface area contributed by atoms with E-state index in [2.05, 4.69) is 0 Å². The number of likely N-dealkylation sites (tertiary alicyclic amines) is 1. The van der Waals surface area contributed by atoms with Crippen LogP contribution in [-0.4, -0.2) is 69.1 Å². The number of hydrogen-bond acceptors (Lipinski definition) is 4. The topological polar surface area (TPSA) is 118 Å². The second-order valence-electron chi connectivity index (χ2n) is 7.84. The normalized spacial score (nSPS) is 28.9. The van der Waals surface area contributed by atoms with Gasteiger partial charge in [0.1, 0.15) is 11.7 Å². The van der Waals surface area contributed by atoms with Gasteiger partial charge in [0.15, 0.2) is 0 Å². The average molecular weight is 409 g/mol. The fourth-order valence-corrected chi connectivity index (χ4v) is 5.12. The molecule has 4 aliphatic heterocycles. The lowest BCUT2D eigenvalue weighted by Crippen LogP contribution is -2.73. The van der Waals surface area contributed by atoms with Crippen LogP contribution < -0.4 is 4.90 Å². The summed E-state index contributed by atoms with van der Waals surface area (Å²) in [5, 5.41) is 19.2. The van der Waals surface area contributed by atoms with Crippen LogP contribution in [-0.2, 0) is 14.4 Å². The van der Waals surface area contributed by atoms with Gasteiger partial charge in [0.05, 0.1) is 6.04 Å². The molecule has 3 atom stereocenters. The van der Waals surface area contributed by atoms with E-state index < -0.39 is 30.1 Å². The van der Waals surface area contributed by atoms with E-state index in [-0.39, 0.29) is 24.1 Å². The zero-order chi connectivity index (χ0) is 21.2. The van der Waals surface area contributed by atoms with Crippen LogP contribution in [0, 0.1) is 5.92 Å². The molecule has 30 heavy (non-hydrogen) atoms. The van der Waals surface area contributed by atoms with Crippen molar-refractivity contribution in [2.75, 3.05) is 18.0 Å². The van der Waals surface area contributed by atoms with Gasteiger partial charge in [-0.15, -0.1) is 0 Å². The van der Waals surface area contributed by atoms with Crippen molar-refractivity contribution in [3.63, 3.8) is 0 Å². The first-order chi connectivity index (χ1) is 14.4. The zero-order valence-electron chi connectivity index (χ0n) is 15.9. The van der Waals surface area contributed by atoms with E-state index in [9.17, 15) is 29.4 Å². The quantitative estimate of drug-likeness (QED) is 0.574. The first-order valence-electron chi connectivity index (χ1n) is 9.77. The molecule has 3 saturated heterocycles. The molecule has 0 bridgehead atoms. The maximum Gasteiger partial charge on any atom is 0.408 e. The van der Waals surface area contributed by atoms with Gasteiger partial charge in [-0.2, -0.15) is 0 Å². The van der Waals surface area contributed by atoms with E-state index in [0.29, 0.717) is 30.5 Å². The van der Waals surface area contributed by atoms with Crippen molar-refractivity contribution < 1.29 is 29.4 Å². The van der Waals surface area contributed by atoms with Crippen molar-refractivity contribution in [2.24, 2.45) is 5.92 Å². The van der Waals surface area contributed by atoms with E-state index in [1.807, 2.05) is 30.3 Å². The van der Waals surface area contributed by atoms with Crippen LogP contribution in [0.3, 0.4) is 0 Å². The van der Waals surface area contributed by atoms with Crippen LogP contribution in [0.15, 0.2) is 53.3 Å². The number of carbonyl (C=O) groups excluding carboxylic acids is 2. The molecule has 1 aromatic rings. The highest BCUT2D eigenvalue weighted by molar-refractivity contribution is 6.09. The summed E-state index contributed by atoms with van der Waals surface area (Å²) in [5.74, 6) is -2.23. The van der Waals surface area contributed by atoms with Crippen molar-refractivity contribution in [1.82, 2.24) is 9.80 Å². The Hall–Kier alpha value is -3.62. The van der Waals surface area contributed by atoms with E-state index >= 15 is 0 Å². The highest BCUT2D eigenvalue weighted by atomic mass is 16.4. The van der Waals surface area contributed by atoms with Gasteiger partial charge in [-0.05, 0) is 36.6 Å². The van der Waals surface area contributed by atoms with E-state index in [1.54, 1.807) is 11.0 Å². The Balaban J connectivity index is 1.50. The Morgan fingerprint density at radius 1 is 1.07 bits per heavy atom. The van der Waals surface area contributed by atoms with Gasteiger partial charge in [-0.3, -0.25) is 19.4 Å². The van der Waals surface area contributed by atoms with E-state index in [1.165, 1.54) is 4.90 Å². The Morgan fingerprint density at radius 3 is 2.47 bits per heavy atom. The monoisotopic (exact) mass is 409 g/mol. The van der Waals surface area contributed by atoms with Crippen LogP contribution in [0.2, 0.25) is 0 Å². The van der Waals surface area contributed by atoms with Crippen LogP contribution in [0.25, 0.3) is 0 Å². The van der Waals surface area contributed by atoms with Gasteiger partial charge >= 0.3 is 12.1 Å². The van der Waals surface area contributed by atoms with Crippen molar-refractivity contribution in [3.8, 4) is 0 Å². The van der Waals surface area contributed by atoms with Gasteiger partial charge in [-0.25, -0.2) is 9.59 Å². The van der Waals surface area contributed by atoms with E-state index in [0.717, 1.165) is 10.6 Å². The van der Waals surface area contributed by atoms with Gasteiger partial charge in [0.2, 0.25) is 0 Å². The zero-order valence-corrected chi connectivity index (χ0v) is 15.9. The third kappa shape index (κ3) is 2.41. The molecule has 1 unspecified atom stereocenters. The Labute approximate surface area is 171 Å².